The number of amides is 3. The Morgan fingerprint density at radius 3 is 2.24 bits per heavy atom. The van der Waals surface area contributed by atoms with Gasteiger partial charge in [-0.05, 0) is 62.5 Å². The Balaban J connectivity index is 1.75. The van der Waals surface area contributed by atoms with E-state index in [1.807, 2.05) is 0 Å². The Kier molecular flexibility index (Phi) is 5.57. The summed E-state index contributed by atoms with van der Waals surface area (Å²) in [5.74, 6) is 0.684. The summed E-state index contributed by atoms with van der Waals surface area (Å²) in [6.07, 6.45) is 3.79. The maximum absolute atomic E-state index is 11.9. The number of carbonyl (C=O) groups is 2. The second-order valence-corrected chi connectivity index (χ2v) is 5.35. The van der Waals surface area contributed by atoms with E-state index in [4.69, 9.17) is 5.73 Å². The number of rotatable bonds is 5. The number of anilines is 2. The van der Waals surface area contributed by atoms with Crippen LogP contribution in [-0.4, -0.2) is 25.0 Å². The number of carbonyl (C=O) groups excluding carboxylic acids is 2. The van der Waals surface area contributed by atoms with E-state index >= 15 is 0 Å². The zero-order valence-corrected chi connectivity index (χ0v) is 12.0. The van der Waals surface area contributed by atoms with Crippen molar-refractivity contribution in [2.75, 3.05) is 23.7 Å². The van der Waals surface area contributed by atoms with E-state index in [-0.39, 0.29) is 5.91 Å². The van der Waals surface area contributed by atoms with Gasteiger partial charge in [0, 0.05) is 17.8 Å². The molecule has 0 bridgehead atoms. The van der Waals surface area contributed by atoms with Gasteiger partial charge in [0.2, 0.25) is 5.91 Å². The highest BCUT2D eigenvalue weighted by atomic mass is 16.2. The predicted octanol–water partition coefficient (Wildman–Crippen LogP) is 1.90. The molecule has 0 spiro atoms. The highest BCUT2D eigenvalue weighted by Crippen LogP contribution is 2.19. The van der Waals surface area contributed by atoms with Gasteiger partial charge in [0.15, 0.2) is 0 Å². The third-order valence-electron chi connectivity index (χ3n) is 3.67. The van der Waals surface area contributed by atoms with Gasteiger partial charge in [0.05, 0.1) is 0 Å². The van der Waals surface area contributed by atoms with Crippen LogP contribution in [0, 0.1) is 5.92 Å². The van der Waals surface area contributed by atoms with Gasteiger partial charge in [-0.3, -0.25) is 4.79 Å². The number of piperidine rings is 1. The number of hydrogen-bond acceptors (Lipinski definition) is 3. The Hall–Kier alpha value is -2.08. The van der Waals surface area contributed by atoms with Crippen molar-refractivity contribution in [3.63, 3.8) is 0 Å². The van der Waals surface area contributed by atoms with E-state index in [0.717, 1.165) is 38.0 Å². The number of benzene rings is 1. The molecule has 2 rings (SSSR count). The van der Waals surface area contributed by atoms with Crippen LogP contribution in [0.4, 0.5) is 16.2 Å². The normalized spacial score (nSPS) is 15.4. The van der Waals surface area contributed by atoms with Crippen LogP contribution in [0.2, 0.25) is 0 Å². The Morgan fingerprint density at radius 2 is 1.67 bits per heavy atom. The maximum Gasteiger partial charge on any atom is 0.316 e. The summed E-state index contributed by atoms with van der Waals surface area (Å²) in [6.45, 7) is 2.11. The van der Waals surface area contributed by atoms with Crippen molar-refractivity contribution >= 4 is 23.3 Å². The van der Waals surface area contributed by atoms with Gasteiger partial charge in [0.1, 0.15) is 0 Å². The summed E-state index contributed by atoms with van der Waals surface area (Å²) in [7, 11) is 0. The molecule has 0 atom stereocenters. The minimum atomic E-state index is -0.603. The first-order chi connectivity index (χ1) is 10.1. The van der Waals surface area contributed by atoms with Crippen molar-refractivity contribution in [1.29, 1.82) is 0 Å². The lowest BCUT2D eigenvalue weighted by atomic mass is 9.93. The minimum absolute atomic E-state index is 0.0316. The van der Waals surface area contributed by atoms with Gasteiger partial charge in [-0.15, -0.1) is 0 Å². The van der Waals surface area contributed by atoms with E-state index in [9.17, 15) is 9.59 Å². The molecule has 1 aromatic rings. The first kappa shape index (κ1) is 15.3. The zero-order valence-electron chi connectivity index (χ0n) is 12.0. The van der Waals surface area contributed by atoms with Crippen LogP contribution in [0.5, 0.6) is 0 Å². The molecule has 1 aliphatic rings. The first-order valence-electron chi connectivity index (χ1n) is 7.30. The monoisotopic (exact) mass is 290 g/mol. The van der Waals surface area contributed by atoms with Crippen LogP contribution in [0.1, 0.15) is 25.7 Å². The average Bonchev–Trinajstić information content (AvgIpc) is 2.48. The molecule has 0 saturated carbocycles. The second-order valence-electron chi connectivity index (χ2n) is 5.35. The highest BCUT2D eigenvalue weighted by molar-refractivity contribution is 5.91. The van der Waals surface area contributed by atoms with Crippen molar-refractivity contribution in [2.45, 2.75) is 25.7 Å². The SMILES string of the molecule is NC(=O)Nc1ccc(NC(=O)CCC2CCNCC2)cc1. The summed E-state index contributed by atoms with van der Waals surface area (Å²) in [6, 6.07) is 6.29. The Labute approximate surface area is 124 Å². The van der Waals surface area contributed by atoms with Crippen LogP contribution in [-0.2, 0) is 4.79 Å². The molecule has 6 heteroatoms. The average molecular weight is 290 g/mol. The summed E-state index contributed by atoms with van der Waals surface area (Å²) in [5, 5.41) is 8.66. The van der Waals surface area contributed by atoms with E-state index < -0.39 is 6.03 Å². The Bertz CT molecular complexity index is 481. The summed E-state index contributed by atoms with van der Waals surface area (Å²) >= 11 is 0. The van der Waals surface area contributed by atoms with E-state index in [1.54, 1.807) is 24.3 Å². The summed E-state index contributed by atoms with van der Waals surface area (Å²) in [5.41, 5.74) is 6.36. The van der Waals surface area contributed by atoms with E-state index in [0.29, 0.717) is 18.0 Å². The van der Waals surface area contributed by atoms with Gasteiger partial charge in [0.25, 0.3) is 0 Å². The first-order valence-corrected chi connectivity index (χ1v) is 7.30. The fraction of sp³-hybridized carbons (Fsp3) is 0.467. The minimum Gasteiger partial charge on any atom is -0.351 e. The van der Waals surface area contributed by atoms with Gasteiger partial charge in [-0.2, -0.15) is 0 Å². The molecular weight excluding hydrogens is 268 g/mol. The molecule has 1 fully saturated rings. The molecule has 1 saturated heterocycles. The second kappa shape index (κ2) is 7.64. The van der Waals surface area contributed by atoms with Crippen molar-refractivity contribution in [1.82, 2.24) is 5.32 Å². The molecule has 1 aromatic carbocycles. The van der Waals surface area contributed by atoms with Gasteiger partial charge in [-0.1, -0.05) is 0 Å². The maximum atomic E-state index is 11.9. The van der Waals surface area contributed by atoms with Gasteiger partial charge >= 0.3 is 6.03 Å². The molecule has 3 amide bonds. The van der Waals surface area contributed by atoms with Crippen LogP contribution in [0.15, 0.2) is 24.3 Å². The van der Waals surface area contributed by atoms with Crippen molar-refractivity contribution in [2.24, 2.45) is 11.7 Å². The Morgan fingerprint density at radius 1 is 1.10 bits per heavy atom. The lowest BCUT2D eigenvalue weighted by Gasteiger charge is -2.22. The molecule has 0 aliphatic carbocycles. The molecule has 6 nitrogen and oxygen atoms in total. The van der Waals surface area contributed by atoms with E-state index in [2.05, 4.69) is 16.0 Å². The number of hydrogen-bond donors (Lipinski definition) is 4. The fourth-order valence-corrected chi connectivity index (χ4v) is 2.51. The van der Waals surface area contributed by atoms with Crippen LogP contribution in [0.25, 0.3) is 0 Å². The van der Waals surface area contributed by atoms with Crippen LogP contribution >= 0.6 is 0 Å². The predicted molar refractivity (Wildman–Crippen MR) is 83.1 cm³/mol. The van der Waals surface area contributed by atoms with Crippen molar-refractivity contribution in [3.8, 4) is 0 Å². The lowest BCUT2D eigenvalue weighted by molar-refractivity contribution is -0.116. The van der Waals surface area contributed by atoms with Crippen molar-refractivity contribution in [3.05, 3.63) is 24.3 Å². The zero-order chi connectivity index (χ0) is 15.1. The van der Waals surface area contributed by atoms with E-state index in [1.165, 1.54) is 0 Å². The molecule has 0 aromatic heterocycles. The molecule has 114 valence electrons. The largest absolute Gasteiger partial charge is 0.351 e. The number of urea groups is 1. The molecule has 5 N–H and O–H groups in total. The van der Waals surface area contributed by atoms with Gasteiger partial charge < -0.3 is 21.7 Å². The molecule has 1 heterocycles. The third-order valence-corrected chi connectivity index (χ3v) is 3.67. The third kappa shape index (κ3) is 5.43. The summed E-state index contributed by atoms with van der Waals surface area (Å²) in [4.78, 5) is 22.6. The summed E-state index contributed by atoms with van der Waals surface area (Å²) < 4.78 is 0. The quantitative estimate of drug-likeness (QED) is 0.667. The molecule has 1 aliphatic heterocycles. The van der Waals surface area contributed by atoms with Gasteiger partial charge in [-0.25, -0.2) is 4.79 Å². The standard InChI is InChI=1S/C15H22N4O2/c16-15(21)19-13-4-2-12(3-5-13)18-14(20)6-1-11-7-9-17-10-8-11/h2-5,11,17H,1,6-10H2,(H,18,20)(H3,16,19,21). The number of primary amides is 1. The highest BCUT2D eigenvalue weighted by Gasteiger charge is 2.14. The van der Waals surface area contributed by atoms with Crippen LogP contribution in [0.3, 0.4) is 0 Å². The molecule has 0 unspecified atom stereocenters. The lowest BCUT2D eigenvalue weighted by Crippen LogP contribution is -2.28. The fourth-order valence-electron chi connectivity index (χ4n) is 2.51. The molecule has 21 heavy (non-hydrogen) atoms. The van der Waals surface area contributed by atoms with Crippen molar-refractivity contribution < 1.29 is 9.59 Å². The number of nitrogens with two attached hydrogens (primary N) is 1. The van der Waals surface area contributed by atoms with Crippen LogP contribution < -0.4 is 21.7 Å². The molecular formula is C15H22N4O2. The smallest absolute Gasteiger partial charge is 0.316 e. The molecule has 0 radical (unpaired) electrons. The topological polar surface area (TPSA) is 96.2 Å². The number of nitrogens with one attached hydrogen (secondary N) is 3.